The second-order valence-electron chi connectivity index (χ2n) is 3.66. The summed E-state index contributed by atoms with van der Waals surface area (Å²) < 4.78 is 5.46. The van der Waals surface area contributed by atoms with Gasteiger partial charge < -0.3 is 10.5 Å². The summed E-state index contributed by atoms with van der Waals surface area (Å²) in [6, 6.07) is 0.208. The average molecular weight is 218 g/mol. The fourth-order valence-corrected chi connectivity index (χ4v) is 1.22. The van der Waals surface area contributed by atoms with Crippen molar-refractivity contribution in [3.63, 3.8) is 0 Å². The van der Waals surface area contributed by atoms with Crippen LogP contribution in [0, 0.1) is 0 Å². The first-order valence-corrected chi connectivity index (χ1v) is 5.53. The number of likely N-dealkylation sites (N-methyl/N-ethyl adjacent to an activating group) is 1. The molecule has 0 fully saturated rings. The number of unbranched alkanes of at least 4 members (excludes halogenated alkanes) is 2. The van der Waals surface area contributed by atoms with Gasteiger partial charge in [0.15, 0.2) is 5.05 Å². The van der Waals surface area contributed by atoms with Crippen LogP contribution in [0.25, 0.3) is 0 Å². The molecule has 4 heteroatoms. The lowest BCUT2D eigenvalue weighted by molar-refractivity contribution is 0.258. The van der Waals surface area contributed by atoms with Gasteiger partial charge in [-0.15, -0.1) is 0 Å². The van der Waals surface area contributed by atoms with E-state index in [-0.39, 0.29) is 6.04 Å². The Labute approximate surface area is 92.6 Å². The number of nitrogens with zero attached hydrogens (tertiary/aromatic N) is 1. The van der Waals surface area contributed by atoms with Crippen LogP contribution < -0.4 is 5.73 Å². The molecule has 0 saturated heterocycles. The summed E-state index contributed by atoms with van der Waals surface area (Å²) in [5.41, 5.74) is 5.39. The highest BCUT2D eigenvalue weighted by molar-refractivity contribution is 7.80. The zero-order valence-electron chi connectivity index (χ0n) is 9.45. The highest BCUT2D eigenvalue weighted by Crippen LogP contribution is 2.00. The van der Waals surface area contributed by atoms with Gasteiger partial charge in [-0.3, -0.25) is 4.90 Å². The van der Waals surface area contributed by atoms with Crippen LogP contribution in [0.2, 0.25) is 0 Å². The van der Waals surface area contributed by atoms with Crippen LogP contribution in [0.4, 0.5) is 0 Å². The highest BCUT2D eigenvalue weighted by atomic mass is 32.1. The Bertz CT molecular complexity index is 162. The highest BCUT2D eigenvalue weighted by Gasteiger charge is 2.11. The van der Waals surface area contributed by atoms with Crippen molar-refractivity contribution in [3.05, 3.63) is 0 Å². The second-order valence-corrected chi connectivity index (χ2v) is 4.06. The number of nitrogens with two attached hydrogens (primary N) is 1. The SMILES string of the molecule is C[C@@H](C(=S)OCCCCCN)N(C)C. The molecule has 0 amide bonds. The number of rotatable bonds is 7. The van der Waals surface area contributed by atoms with Crippen LogP contribution in [-0.4, -0.2) is 43.2 Å². The maximum absolute atomic E-state index is 5.46. The predicted molar refractivity (Wildman–Crippen MR) is 64.6 cm³/mol. The molecule has 0 radical (unpaired) electrons. The molecule has 0 aliphatic rings. The molecule has 0 bridgehead atoms. The molecule has 0 aliphatic heterocycles. The van der Waals surface area contributed by atoms with Crippen LogP contribution in [0.3, 0.4) is 0 Å². The molecule has 0 spiro atoms. The number of ether oxygens (including phenoxy) is 1. The van der Waals surface area contributed by atoms with E-state index in [0.717, 1.165) is 32.4 Å². The molecule has 14 heavy (non-hydrogen) atoms. The Balaban J connectivity index is 3.44. The zero-order valence-corrected chi connectivity index (χ0v) is 10.3. The van der Waals surface area contributed by atoms with Crippen molar-refractivity contribution in [2.75, 3.05) is 27.2 Å². The van der Waals surface area contributed by atoms with Gasteiger partial charge in [0.05, 0.1) is 12.6 Å². The minimum atomic E-state index is 0.208. The van der Waals surface area contributed by atoms with Gasteiger partial charge >= 0.3 is 0 Å². The van der Waals surface area contributed by atoms with Crippen molar-refractivity contribution in [3.8, 4) is 0 Å². The lowest BCUT2D eigenvalue weighted by atomic mass is 10.2. The fraction of sp³-hybridized carbons (Fsp3) is 0.900. The molecule has 0 saturated carbocycles. The van der Waals surface area contributed by atoms with E-state index in [1.165, 1.54) is 0 Å². The average Bonchev–Trinajstić information content (AvgIpc) is 2.16. The lowest BCUT2D eigenvalue weighted by Gasteiger charge is -2.20. The third-order valence-corrected chi connectivity index (χ3v) is 2.67. The van der Waals surface area contributed by atoms with Crippen LogP contribution in [0.1, 0.15) is 26.2 Å². The molecule has 1 atom stereocenters. The van der Waals surface area contributed by atoms with Crippen molar-refractivity contribution >= 4 is 17.3 Å². The smallest absolute Gasteiger partial charge is 0.176 e. The lowest BCUT2D eigenvalue weighted by Crippen LogP contribution is -2.33. The number of hydrogen-bond acceptors (Lipinski definition) is 4. The van der Waals surface area contributed by atoms with E-state index in [9.17, 15) is 0 Å². The molecule has 0 heterocycles. The molecular weight excluding hydrogens is 196 g/mol. The van der Waals surface area contributed by atoms with Gasteiger partial charge in [0.2, 0.25) is 0 Å². The first-order chi connectivity index (χ1) is 6.59. The monoisotopic (exact) mass is 218 g/mol. The summed E-state index contributed by atoms with van der Waals surface area (Å²) in [5.74, 6) is 0. The van der Waals surface area contributed by atoms with Gasteiger partial charge in [-0.05, 0) is 59.0 Å². The molecule has 0 aromatic heterocycles. The molecule has 0 rings (SSSR count). The van der Waals surface area contributed by atoms with Crippen LogP contribution >= 0.6 is 12.2 Å². The minimum Gasteiger partial charge on any atom is -0.485 e. The minimum absolute atomic E-state index is 0.208. The molecule has 0 aromatic carbocycles. The summed E-state index contributed by atoms with van der Waals surface area (Å²) in [6.45, 7) is 3.53. The molecule has 0 unspecified atom stereocenters. The van der Waals surface area contributed by atoms with E-state index in [2.05, 4.69) is 0 Å². The van der Waals surface area contributed by atoms with Crippen molar-refractivity contribution in [1.82, 2.24) is 4.90 Å². The summed E-state index contributed by atoms with van der Waals surface area (Å²) in [4.78, 5) is 2.04. The van der Waals surface area contributed by atoms with Gasteiger partial charge in [0.1, 0.15) is 0 Å². The second kappa shape index (κ2) is 8.15. The third-order valence-electron chi connectivity index (χ3n) is 2.21. The third kappa shape index (κ3) is 6.29. The van der Waals surface area contributed by atoms with E-state index in [1.54, 1.807) is 0 Å². The number of thiocarbonyl (C=S) groups is 1. The van der Waals surface area contributed by atoms with E-state index >= 15 is 0 Å². The van der Waals surface area contributed by atoms with Crippen molar-refractivity contribution in [2.45, 2.75) is 32.2 Å². The Hall–Kier alpha value is -0.190. The maximum atomic E-state index is 5.46. The Morgan fingerprint density at radius 3 is 2.50 bits per heavy atom. The quantitative estimate of drug-likeness (QED) is 0.518. The zero-order chi connectivity index (χ0) is 11.0. The molecule has 84 valence electrons. The van der Waals surface area contributed by atoms with Gasteiger partial charge in [0, 0.05) is 0 Å². The van der Waals surface area contributed by atoms with Gasteiger partial charge in [-0.25, -0.2) is 0 Å². The van der Waals surface area contributed by atoms with Gasteiger partial charge in [-0.2, -0.15) is 0 Å². The molecule has 3 nitrogen and oxygen atoms in total. The summed E-state index contributed by atoms with van der Waals surface area (Å²) in [5, 5.41) is 0.683. The van der Waals surface area contributed by atoms with Crippen LogP contribution in [-0.2, 0) is 4.74 Å². The fourth-order valence-electron chi connectivity index (χ4n) is 0.927. The summed E-state index contributed by atoms with van der Waals surface area (Å²) >= 11 is 5.14. The van der Waals surface area contributed by atoms with Gasteiger partial charge in [-0.1, -0.05) is 0 Å². The Morgan fingerprint density at radius 1 is 1.36 bits per heavy atom. The standard InChI is InChI=1S/C10H22N2OS/c1-9(12(2)3)10(14)13-8-6-4-5-7-11/h9H,4-8,11H2,1-3H3/t9-/m0/s1. The largest absolute Gasteiger partial charge is 0.485 e. The van der Waals surface area contributed by atoms with Crippen LogP contribution in [0.5, 0.6) is 0 Å². The topological polar surface area (TPSA) is 38.5 Å². The van der Waals surface area contributed by atoms with E-state index in [4.69, 9.17) is 22.7 Å². The molecule has 0 aliphatic carbocycles. The normalized spacial score (nSPS) is 12.9. The van der Waals surface area contributed by atoms with E-state index in [1.807, 2.05) is 25.9 Å². The van der Waals surface area contributed by atoms with E-state index < -0.39 is 0 Å². The predicted octanol–water partition coefficient (Wildman–Crippen LogP) is 1.41. The molecule has 2 N–H and O–H groups in total. The van der Waals surface area contributed by atoms with Crippen molar-refractivity contribution in [1.29, 1.82) is 0 Å². The Morgan fingerprint density at radius 2 is 2.00 bits per heavy atom. The molecule has 0 aromatic rings. The van der Waals surface area contributed by atoms with Crippen molar-refractivity contribution in [2.24, 2.45) is 5.73 Å². The summed E-state index contributed by atoms with van der Waals surface area (Å²) in [7, 11) is 3.99. The maximum Gasteiger partial charge on any atom is 0.176 e. The van der Waals surface area contributed by atoms with E-state index in [0.29, 0.717) is 5.05 Å². The number of hydrogen-bond donors (Lipinski definition) is 1. The first-order valence-electron chi connectivity index (χ1n) is 5.12. The summed E-state index contributed by atoms with van der Waals surface area (Å²) in [6.07, 6.45) is 3.23. The van der Waals surface area contributed by atoms with Crippen LogP contribution in [0.15, 0.2) is 0 Å². The molecular formula is C10H22N2OS. The van der Waals surface area contributed by atoms with Gasteiger partial charge in [0.25, 0.3) is 0 Å². The van der Waals surface area contributed by atoms with Crippen molar-refractivity contribution < 1.29 is 4.74 Å². The Kier molecular flexibility index (Phi) is 8.04. The first kappa shape index (κ1) is 13.8.